The van der Waals surface area contributed by atoms with Crippen molar-refractivity contribution in [2.45, 2.75) is 6.54 Å². The molecule has 0 fully saturated rings. The average Bonchev–Trinajstić information content (AvgIpc) is 2.64. The summed E-state index contributed by atoms with van der Waals surface area (Å²) in [5.41, 5.74) is 7.85. The van der Waals surface area contributed by atoms with Gasteiger partial charge in [-0.3, -0.25) is 0 Å². The SMILES string of the molecule is CN(Cc1sccc1Br)c1ccc(Br)cc1N. The van der Waals surface area contributed by atoms with Gasteiger partial charge in [-0.1, -0.05) is 15.9 Å². The van der Waals surface area contributed by atoms with E-state index in [2.05, 4.69) is 48.2 Å². The Balaban J connectivity index is 2.20. The zero-order valence-corrected chi connectivity index (χ0v) is 13.3. The van der Waals surface area contributed by atoms with Crippen molar-refractivity contribution in [3.05, 3.63) is 43.5 Å². The van der Waals surface area contributed by atoms with Crippen molar-refractivity contribution in [2.24, 2.45) is 0 Å². The largest absolute Gasteiger partial charge is 0.397 e. The number of anilines is 2. The van der Waals surface area contributed by atoms with Gasteiger partial charge in [0.2, 0.25) is 0 Å². The van der Waals surface area contributed by atoms with Gasteiger partial charge in [-0.05, 0) is 45.6 Å². The molecule has 1 heterocycles. The molecule has 2 aromatic rings. The molecule has 2 nitrogen and oxygen atoms in total. The number of rotatable bonds is 3. The maximum atomic E-state index is 6.01. The molecule has 0 spiro atoms. The number of hydrogen-bond acceptors (Lipinski definition) is 3. The van der Waals surface area contributed by atoms with Crippen LogP contribution in [0.4, 0.5) is 11.4 Å². The van der Waals surface area contributed by atoms with Crippen LogP contribution in [0.25, 0.3) is 0 Å². The number of halogens is 2. The van der Waals surface area contributed by atoms with E-state index >= 15 is 0 Å². The number of nitrogens with two attached hydrogens (primary N) is 1. The molecule has 17 heavy (non-hydrogen) atoms. The first kappa shape index (κ1) is 12.9. The van der Waals surface area contributed by atoms with E-state index in [4.69, 9.17) is 5.73 Å². The maximum Gasteiger partial charge on any atom is 0.0601 e. The van der Waals surface area contributed by atoms with Crippen molar-refractivity contribution < 1.29 is 0 Å². The number of nitrogens with zero attached hydrogens (tertiary/aromatic N) is 1. The summed E-state index contributed by atoms with van der Waals surface area (Å²) in [7, 11) is 2.05. The highest BCUT2D eigenvalue weighted by Gasteiger charge is 2.09. The monoisotopic (exact) mass is 374 g/mol. The van der Waals surface area contributed by atoms with E-state index in [0.717, 1.165) is 26.9 Å². The molecule has 0 amide bonds. The Morgan fingerprint density at radius 2 is 2.06 bits per heavy atom. The molecule has 0 aliphatic heterocycles. The number of thiophene rings is 1. The molecule has 1 aromatic carbocycles. The summed E-state index contributed by atoms with van der Waals surface area (Å²) in [5, 5.41) is 2.08. The van der Waals surface area contributed by atoms with E-state index in [1.54, 1.807) is 11.3 Å². The molecule has 0 unspecified atom stereocenters. The third-order valence-electron chi connectivity index (χ3n) is 2.47. The third kappa shape index (κ3) is 3.03. The second-order valence-electron chi connectivity index (χ2n) is 3.75. The van der Waals surface area contributed by atoms with Gasteiger partial charge in [0.05, 0.1) is 17.9 Å². The van der Waals surface area contributed by atoms with Crippen LogP contribution in [-0.4, -0.2) is 7.05 Å². The Morgan fingerprint density at radius 1 is 1.29 bits per heavy atom. The van der Waals surface area contributed by atoms with Crippen LogP contribution in [0.3, 0.4) is 0 Å². The molecule has 0 aliphatic rings. The zero-order chi connectivity index (χ0) is 12.4. The molecule has 0 saturated heterocycles. The standard InChI is InChI=1S/C12H12Br2N2S/c1-16(7-12-9(14)4-5-17-12)11-3-2-8(13)6-10(11)15/h2-6H,7,15H2,1H3. The first-order chi connectivity index (χ1) is 8.08. The van der Waals surface area contributed by atoms with Crippen molar-refractivity contribution in [2.75, 3.05) is 17.7 Å². The predicted octanol–water partition coefficient (Wildman–Crippen LogP) is 4.49. The van der Waals surface area contributed by atoms with Crippen LogP contribution >= 0.6 is 43.2 Å². The average molecular weight is 376 g/mol. The minimum Gasteiger partial charge on any atom is -0.397 e. The summed E-state index contributed by atoms with van der Waals surface area (Å²) in [5.74, 6) is 0. The molecule has 0 aliphatic carbocycles. The van der Waals surface area contributed by atoms with Gasteiger partial charge in [0.25, 0.3) is 0 Å². The first-order valence-electron chi connectivity index (χ1n) is 5.06. The Morgan fingerprint density at radius 3 is 2.65 bits per heavy atom. The summed E-state index contributed by atoms with van der Waals surface area (Å²) >= 11 is 8.70. The van der Waals surface area contributed by atoms with Crippen LogP contribution in [0.5, 0.6) is 0 Å². The highest BCUT2D eigenvalue weighted by molar-refractivity contribution is 9.10. The van der Waals surface area contributed by atoms with Gasteiger partial charge in [0.15, 0.2) is 0 Å². The molecule has 0 radical (unpaired) electrons. The molecule has 5 heteroatoms. The van der Waals surface area contributed by atoms with Gasteiger partial charge < -0.3 is 10.6 Å². The van der Waals surface area contributed by atoms with Crippen molar-refractivity contribution in [1.29, 1.82) is 0 Å². The van der Waals surface area contributed by atoms with Gasteiger partial charge in [0, 0.05) is 20.9 Å². The lowest BCUT2D eigenvalue weighted by Crippen LogP contribution is -2.17. The zero-order valence-electron chi connectivity index (χ0n) is 9.28. The van der Waals surface area contributed by atoms with Gasteiger partial charge in [0.1, 0.15) is 0 Å². The summed E-state index contributed by atoms with van der Waals surface area (Å²) in [6.45, 7) is 0.851. The quantitative estimate of drug-likeness (QED) is 0.800. The minimum absolute atomic E-state index is 0.787. The van der Waals surface area contributed by atoms with Crippen LogP contribution in [0, 0.1) is 0 Å². The molecule has 90 valence electrons. The predicted molar refractivity (Wildman–Crippen MR) is 82.7 cm³/mol. The minimum atomic E-state index is 0.787. The van der Waals surface area contributed by atoms with E-state index in [1.165, 1.54) is 4.88 Å². The molecule has 2 rings (SSSR count). The maximum absolute atomic E-state index is 6.01. The molecule has 0 atom stereocenters. The fraction of sp³-hybridized carbons (Fsp3) is 0.167. The van der Waals surface area contributed by atoms with Crippen molar-refractivity contribution >= 4 is 54.6 Å². The van der Waals surface area contributed by atoms with Crippen molar-refractivity contribution in [1.82, 2.24) is 0 Å². The van der Waals surface area contributed by atoms with Gasteiger partial charge in [-0.25, -0.2) is 0 Å². The van der Waals surface area contributed by atoms with E-state index in [-0.39, 0.29) is 0 Å². The van der Waals surface area contributed by atoms with Gasteiger partial charge >= 0.3 is 0 Å². The Bertz CT molecular complexity index is 525. The molecule has 1 aromatic heterocycles. The Labute approximate surface area is 122 Å². The lowest BCUT2D eigenvalue weighted by Gasteiger charge is -2.20. The fourth-order valence-electron chi connectivity index (χ4n) is 1.61. The summed E-state index contributed by atoms with van der Waals surface area (Å²) in [6.07, 6.45) is 0. The molecule has 0 saturated carbocycles. The summed E-state index contributed by atoms with van der Waals surface area (Å²) in [6, 6.07) is 8.03. The summed E-state index contributed by atoms with van der Waals surface area (Å²) in [4.78, 5) is 3.45. The van der Waals surface area contributed by atoms with Crippen LogP contribution in [0.2, 0.25) is 0 Å². The topological polar surface area (TPSA) is 29.3 Å². The Kier molecular flexibility index (Phi) is 4.12. The normalized spacial score (nSPS) is 10.5. The van der Waals surface area contributed by atoms with Crippen LogP contribution in [-0.2, 0) is 6.54 Å². The van der Waals surface area contributed by atoms with Gasteiger partial charge in [-0.15, -0.1) is 11.3 Å². The number of hydrogen-bond donors (Lipinski definition) is 1. The lowest BCUT2D eigenvalue weighted by atomic mass is 10.2. The fourth-order valence-corrected chi connectivity index (χ4v) is 3.52. The van der Waals surface area contributed by atoms with Gasteiger partial charge in [-0.2, -0.15) is 0 Å². The van der Waals surface area contributed by atoms with E-state index in [1.807, 2.05) is 25.2 Å². The lowest BCUT2D eigenvalue weighted by molar-refractivity contribution is 0.938. The molecular weight excluding hydrogens is 364 g/mol. The van der Waals surface area contributed by atoms with E-state index < -0.39 is 0 Å². The molecular formula is C12H12Br2N2S. The van der Waals surface area contributed by atoms with Crippen LogP contribution < -0.4 is 10.6 Å². The molecule has 0 bridgehead atoms. The second kappa shape index (κ2) is 5.42. The second-order valence-corrected chi connectivity index (χ2v) is 6.52. The van der Waals surface area contributed by atoms with E-state index in [0.29, 0.717) is 0 Å². The van der Waals surface area contributed by atoms with Crippen LogP contribution in [0.1, 0.15) is 4.88 Å². The number of nitrogen functional groups attached to an aromatic ring is 1. The third-order valence-corrected chi connectivity index (χ3v) is 4.88. The molecule has 2 N–H and O–H groups in total. The van der Waals surface area contributed by atoms with Crippen molar-refractivity contribution in [3.8, 4) is 0 Å². The smallest absolute Gasteiger partial charge is 0.0601 e. The number of benzene rings is 1. The van der Waals surface area contributed by atoms with Crippen LogP contribution in [0.15, 0.2) is 38.6 Å². The Hall–Kier alpha value is -0.520. The summed E-state index contributed by atoms with van der Waals surface area (Å²) < 4.78 is 2.16. The van der Waals surface area contributed by atoms with Crippen molar-refractivity contribution in [3.63, 3.8) is 0 Å². The van der Waals surface area contributed by atoms with E-state index in [9.17, 15) is 0 Å². The highest BCUT2D eigenvalue weighted by Crippen LogP contribution is 2.30. The first-order valence-corrected chi connectivity index (χ1v) is 7.52. The highest BCUT2D eigenvalue weighted by atomic mass is 79.9.